The minimum absolute atomic E-state index is 0.0553. The molecular formula is C20H23NO5. The second kappa shape index (κ2) is 8.67. The van der Waals surface area contributed by atoms with Crippen LogP contribution in [0, 0.1) is 0 Å². The van der Waals surface area contributed by atoms with Crippen molar-refractivity contribution in [1.29, 1.82) is 0 Å². The number of fused-ring (bicyclic) bond motifs is 1. The van der Waals surface area contributed by atoms with Crippen molar-refractivity contribution >= 4 is 22.6 Å². The molecule has 1 heterocycles. The summed E-state index contributed by atoms with van der Waals surface area (Å²) in [6.07, 6.45) is 2.01. The van der Waals surface area contributed by atoms with Gasteiger partial charge in [0.1, 0.15) is 11.3 Å². The van der Waals surface area contributed by atoms with Crippen molar-refractivity contribution in [2.75, 3.05) is 26.4 Å². The predicted octanol–water partition coefficient (Wildman–Crippen LogP) is 2.69. The predicted molar refractivity (Wildman–Crippen MR) is 97.4 cm³/mol. The minimum Gasteiger partial charge on any atom is -0.493 e. The van der Waals surface area contributed by atoms with Gasteiger partial charge in [0.25, 0.3) is 5.91 Å². The molecule has 1 saturated heterocycles. The fourth-order valence-corrected chi connectivity index (χ4v) is 2.95. The van der Waals surface area contributed by atoms with Crippen LogP contribution in [0.1, 0.15) is 30.1 Å². The van der Waals surface area contributed by atoms with Crippen LogP contribution in [0.4, 0.5) is 0 Å². The van der Waals surface area contributed by atoms with Crippen LogP contribution < -0.4 is 10.1 Å². The highest BCUT2D eigenvalue weighted by Gasteiger charge is 2.19. The quantitative estimate of drug-likeness (QED) is 0.771. The number of rotatable bonds is 7. The highest BCUT2D eigenvalue weighted by molar-refractivity contribution is 5.99. The van der Waals surface area contributed by atoms with Gasteiger partial charge in [0.15, 0.2) is 6.61 Å². The molecule has 0 aromatic heterocycles. The molecule has 6 heteroatoms. The summed E-state index contributed by atoms with van der Waals surface area (Å²) in [4.78, 5) is 24.3. The average Bonchev–Trinajstić information content (AvgIpc) is 3.18. The summed E-state index contributed by atoms with van der Waals surface area (Å²) in [5, 5.41) is 4.61. The topological polar surface area (TPSA) is 73.9 Å². The number of nitrogens with one attached hydrogen (secondary N) is 1. The fraction of sp³-hybridized carbons (Fsp3) is 0.400. The standard InChI is InChI=1S/C20H23NO5/c1-2-24-18-11-15-7-4-3-6-14(15)10-17(18)20(23)26-13-19(22)21-12-16-8-5-9-25-16/h3-4,6-7,10-11,16H,2,5,8-9,12-13H2,1H3,(H,21,22)/t16-/m0/s1. The van der Waals surface area contributed by atoms with Crippen molar-refractivity contribution in [3.05, 3.63) is 42.0 Å². The maximum Gasteiger partial charge on any atom is 0.342 e. The Bertz CT molecular complexity index is 783. The summed E-state index contributed by atoms with van der Waals surface area (Å²) in [5.74, 6) is -0.463. The smallest absolute Gasteiger partial charge is 0.342 e. The van der Waals surface area contributed by atoms with Crippen LogP contribution in [-0.2, 0) is 14.3 Å². The molecule has 1 atom stereocenters. The first kappa shape index (κ1) is 18.2. The molecule has 3 rings (SSSR count). The molecule has 1 fully saturated rings. The lowest BCUT2D eigenvalue weighted by Crippen LogP contribution is -2.34. The van der Waals surface area contributed by atoms with Crippen molar-refractivity contribution in [3.8, 4) is 5.75 Å². The molecule has 0 spiro atoms. The molecule has 0 radical (unpaired) electrons. The summed E-state index contributed by atoms with van der Waals surface area (Å²) in [7, 11) is 0. The highest BCUT2D eigenvalue weighted by atomic mass is 16.5. The molecule has 1 amide bonds. The molecular weight excluding hydrogens is 334 g/mol. The average molecular weight is 357 g/mol. The highest BCUT2D eigenvalue weighted by Crippen LogP contribution is 2.27. The van der Waals surface area contributed by atoms with Crippen LogP contribution >= 0.6 is 0 Å². The van der Waals surface area contributed by atoms with Crippen LogP contribution in [0.25, 0.3) is 10.8 Å². The van der Waals surface area contributed by atoms with Gasteiger partial charge in [-0.05, 0) is 42.7 Å². The first-order valence-corrected chi connectivity index (χ1v) is 8.88. The van der Waals surface area contributed by atoms with Crippen LogP contribution in [0.5, 0.6) is 5.75 Å². The first-order chi connectivity index (χ1) is 12.7. The van der Waals surface area contributed by atoms with Gasteiger partial charge in [0.05, 0.1) is 12.7 Å². The Balaban J connectivity index is 1.62. The Labute approximate surface area is 152 Å². The number of hydrogen-bond acceptors (Lipinski definition) is 5. The lowest BCUT2D eigenvalue weighted by molar-refractivity contribution is -0.124. The third-order valence-corrected chi connectivity index (χ3v) is 4.25. The Hall–Kier alpha value is -2.60. The summed E-state index contributed by atoms with van der Waals surface area (Å²) < 4.78 is 16.2. The van der Waals surface area contributed by atoms with Gasteiger partial charge < -0.3 is 19.5 Å². The monoisotopic (exact) mass is 357 g/mol. The van der Waals surface area contributed by atoms with Gasteiger partial charge in [-0.3, -0.25) is 4.79 Å². The van der Waals surface area contributed by atoms with Crippen LogP contribution in [0.3, 0.4) is 0 Å². The van der Waals surface area contributed by atoms with Gasteiger partial charge in [-0.1, -0.05) is 24.3 Å². The third-order valence-electron chi connectivity index (χ3n) is 4.25. The van der Waals surface area contributed by atoms with Gasteiger partial charge in [0, 0.05) is 13.2 Å². The van der Waals surface area contributed by atoms with E-state index < -0.39 is 5.97 Å². The van der Waals surface area contributed by atoms with E-state index in [-0.39, 0.29) is 18.6 Å². The van der Waals surface area contributed by atoms with E-state index in [0.717, 1.165) is 30.2 Å². The summed E-state index contributed by atoms with van der Waals surface area (Å²) in [6, 6.07) is 11.2. The second-order valence-electron chi connectivity index (χ2n) is 6.14. The lowest BCUT2D eigenvalue weighted by atomic mass is 10.1. The largest absolute Gasteiger partial charge is 0.493 e. The number of esters is 1. The Morgan fingerprint density at radius 1 is 1.23 bits per heavy atom. The van der Waals surface area contributed by atoms with Crippen LogP contribution in [-0.4, -0.2) is 44.3 Å². The third kappa shape index (κ3) is 4.52. The zero-order valence-corrected chi connectivity index (χ0v) is 14.8. The zero-order chi connectivity index (χ0) is 18.4. The number of amides is 1. The molecule has 0 aliphatic carbocycles. The number of carbonyl (C=O) groups is 2. The van der Waals surface area contributed by atoms with Crippen molar-refractivity contribution in [3.63, 3.8) is 0 Å². The lowest BCUT2D eigenvalue weighted by Gasteiger charge is -2.13. The Kier molecular flexibility index (Phi) is 6.07. The van der Waals surface area contributed by atoms with E-state index in [1.165, 1.54) is 0 Å². The van der Waals surface area contributed by atoms with Gasteiger partial charge in [-0.2, -0.15) is 0 Å². The molecule has 1 N–H and O–H groups in total. The molecule has 2 aromatic rings. The normalized spacial score (nSPS) is 16.4. The fourth-order valence-electron chi connectivity index (χ4n) is 2.95. The second-order valence-corrected chi connectivity index (χ2v) is 6.14. The van der Waals surface area contributed by atoms with Crippen molar-refractivity contribution in [2.24, 2.45) is 0 Å². The summed E-state index contributed by atoms with van der Waals surface area (Å²) >= 11 is 0. The van der Waals surface area contributed by atoms with Crippen molar-refractivity contribution in [2.45, 2.75) is 25.9 Å². The van der Waals surface area contributed by atoms with Gasteiger partial charge >= 0.3 is 5.97 Å². The first-order valence-electron chi connectivity index (χ1n) is 8.88. The van der Waals surface area contributed by atoms with E-state index in [9.17, 15) is 9.59 Å². The summed E-state index contributed by atoms with van der Waals surface area (Å²) in [6.45, 7) is 3.13. The molecule has 138 valence electrons. The Morgan fingerprint density at radius 3 is 2.69 bits per heavy atom. The number of ether oxygens (including phenoxy) is 3. The maximum absolute atomic E-state index is 12.4. The van der Waals surface area contributed by atoms with Gasteiger partial charge in [-0.15, -0.1) is 0 Å². The van der Waals surface area contributed by atoms with Crippen LogP contribution in [0.15, 0.2) is 36.4 Å². The molecule has 6 nitrogen and oxygen atoms in total. The molecule has 0 bridgehead atoms. The van der Waals surface area contributed by atoms with Gasteiger partial charge in [0.2, 0.25) is 0 Å². The number of carbonyl (C=O) groups excluding carboxylic acids is 2. The molecule has 1 aliphatic rings. The molecule has 0 unspecified atom stereocenters. The van der Waals surface area contributed by atoms with E-state index in [2.05, 4.69) is 5.32 Å². The minimum atomic E-state index is -0.577. The maximum atomic E-state index is 12.4. The van der Waals surface area contributed by atoms with E-state index >= 15 is 0 Å². The van der Waals surface area contributed by atoms with E-state index in [1.54, 1.807) is 6.07 Å². The molecule has 2 aromatic carbocycles. The molecule has 0 saturated carbocycles. The Morgan fingerprint density at radius 2 is 2.00 bits per heavy atom. The molecule has 26 heavy (non-hydrogen) atoms. The van der Waals surface area contributed by atoms with E-state index in [0.29, 0.717) is 24.5 Å². The molecule has 1 aliphatic heterocycles. The van der Waals surface area contributed by atoms with Gasteiger partial charge in [-0.25, -0.2) is 4.79 Å². The van der Waals surface area contributed by atoms with Crippen molar-refractivity contribution in [1.82, 2.24) is 5.32 Å². The van der Waals surface area contributed by atoms with Crippen molar-refractivity contribution < 1.29 is 23.8 Å². The van der Waals surface area contributed by atoms with Crippen LogP contribution in [0.2, 0.25) is 0 Å². The SMILES string of the molecule is CCOc1cc2ccccc2cc1C(=O)OCC(=O)NC[C@@H]1CCCO1. The number of benzene rings is 2. The van der Waals surface area contributed by atoms with E-state index in [4.69, 9.17) is 14.2 Å². The van der Waals surface area contributed by atoms with E-state index in [1.807, 2.05) is 37.3 Å². The number of hydrogen-bond donors (Lipinski definition) is 1. The zero-order valence-electron chi connectivity index (χ0n) is 14.8. The summed E-state index contributed by atoms with van der Waals surface area (Å²) in [5.41, 5.74) is 0.317.